The first-order valence-corrected chi connectivity index (χ1v) is 6.67. The third-order valence-corrected chi connectivity index (χ3v) is 3.85. The Morgan fingerprint density at radius 3 is 2.41 bits per heavy atom. The topological polar surface area (TPSA) is 35.2 Å². The van der Waals surface area contributed by atoms with Crippen molar-refractivity contribution in [3.05, 3.63) is 46.9 Å². The first-order chi connectivity index (χ1) is 8.19. The van der Waals surface area contributed by atoms with Gasteiger partial charge in [-0.15, -0.1) is 0 Å². The van der Waals surface area contributed by atoms with E-state index >= 15 is 0 Å². The van der Waals surface area contributed by atoms with Gasteiger partial charge in [0.2, 0.25) is 0 Å². The SMILES string of the molecule is COc1ccc(Sc2ccc(Br)cc2N)cc1. The second kappa shape index (κ2) is 5.47. The molecular weight excluding hydrogens is 298 g/mol. The highest BCUT2D eigenvalue weighted by Gasteiger charge is 2.02. The summed E-state index contributed by atoms with van der Waals surface area (Å²) in [6, 6.07) is 13.8. The fourth-order valence-electron chi connectivity index (χ4n) is 1.38. The van der Waals surface area contributed by atoms with Crippen molar-refractivity contribution in [2.75, 3.05) is 12.8 Å². The first-order valence-electron chi connectivity index (χ1n) is 5.06. The van der Waals surface area contributed by atoms with E-state index in [1.54, 1.807) is 18.9 Å². The van der Waals surface area contributed by atoms with Gasteiger partial charge < -0.3 is 10.5 Å². The molecule has 0 aliphatic rings. The minimum atomic E-state index is 0.778. The zero-order chi connectivity index (χ0) is 12.3. The number of hydrogen-bond acceptors (Lipinski definition) is 3. The Hall–Kier alpha value is -1.13. The van der Waals surface area contributed by atoms with Gasteiger partial charge in [-0.05, 0) is 42.5 Å². The summed E-state index contributed by atoms with van der Waals surface area (Å²) in [7, 11) is 1.66. The lowest BCUT2D eigenvalue weighted by Gasteiger charge is -2.06. The van der Waals surface area contributed by atoms with Crippen molar-refractivity contribution in [2.24, 2.45) is 0 Å². The molecule has 88 valence electrons. The highest BCUT2D eigenvalue weighted by atomic mass is 79.9. The normalized spacial score (nSPS) is 10.2. The summed E-state index contributed by atoms with van der Waals surface area (Å²) in [5, 5.41) is 0. The molecule has 0 fully saturated rings. The van der Waals surface area contributed by atoms with Crippen molar-refractivity contribution in [1.82, 2.24) is 0 Å². The van der Waals surface area contributed by atoms with Crippen LogP contribution in [0.4, 0.5) is 5.69 Å². The molecular formula is C13H12BrNOS. The van der Waals surface area contributed by atoms with E-state index in [-0.39, 0.29) is 0 Å². The quantitative estimate of drug-likeness (QED) is 0.863. The lowest BCUT2D eigenvalue weighted by atomic mass is 10.3. The first kappa shape index (κ1) is 12.3. The van der Waals surface area contributed by atoms with E-state index in [1.807, 2.05) is 42.5 Å². The maximum absolute atomic E-state index is 5.95. The molecule has 0 saturated carbocycles. The molecule has 2 rings (SSSR count). The molecule has 2 N–H and O–H groups in total. The Balaban J connectivity index is 2.19. The molecule has 0 amide bonds. The van der Waals surface area contributed by atoms with Gasteiger partial charge in [0, 0.05) is 20.0 Å². The molecule has 0 radical (unpaired) electrons. The number of methoxy groups -OCH3 is 1. The van der Waals surface area contributed by atoms with Gasteiger partial charge in [0.05, 0.1) is 7.11 Å². The Labute approximate surface area is 113 Å². The van der Waals surface area contributed by atoms with Gasteiger partial charge in [-0.2, -0.15) is 0 Å². The van der Waals surface area contributed by atoms with Gasteiger partial charge in [0.25, 0.3) is 0 Å². The van der Waals surface area contributed by atoms with Crippen molar-refractivity contribution in [3.8, 4) is 5.75 Å². The number of rotatable bonds is 3. The standard InChI is InChI=1S/C13H12BrNOS/c1-16-10-3-5-11(6-4-10)17-13-7-2-9(14)8-12(13)15/h2-8H,15H2,1H3. The van der Waals surface area contributed by atoms with Crippen LogP contribution in [0.25, 0.3) is 0 Å². The summed E-state index contributed by atoms with van der Waals surface area (Å²) in [5.74, 6) is 0.859. The van der Waals surface area contributed by atoms with E-state index in [9.17, 15) is 0 Å². The zero-order valence-corrected chi connectivity index (χ0v) is 11.7. The monoisotopic (exact) mass is 309 g/mol. The molecule has 0 saturated heterocycles. The number of anilines is 1. The van der Waals surface area contributed by atoms with Crippen LogP contribution in [0.15, 0.2) is 56.7 Å². The van der Waals surface area contributed by atoms with Crippen molar-refractivity contribution in [3.63, 3.8) is 0 Å². The van der Waals surface area contributed by atoms with E-state index in [0.29, 0.717) is 0 Å². The van der Waals surface area contributed by atoms with E-state index in [2.05, 4.69) is 15.9 Å². The van der Waals surface area contributed by atoms with Gasteiger partial charge >= 0.3 is 0 Å². The summed E-state index contributed by atoms with van der Waals surface area (Å²) in [5.41, 5.74) is 6.73. The Morgan fingerprint density at radius 1 is 1.12 bits per heavy atom. The van der Waals surface area contributed by atoms with Crippen LogP contribution < -0.4 is 10.5 Å². The number of ether oxygens (including phenoxy) is 1. The fourth-order valence-corrected chi connectivity index (χ4v) is 2.60. The summed E-state index contributed by atoms with van der Waals surface area (Å²) >= 11 is 5.04. The van der Waals surface area contributed by atoms with Crippen molar-refractivity contribution in [1.29, 1.82) is 0 Å². The average molecular weight is 310 g/mol. The van der Waals surface area contributed by atoms with Gasteiger partial charge in [-0.3, -0.25) is 0 Å². The minimum Gasteiger partial charge on any atom is -0.497 e. The zero-order valence-electron chi connectivity index (χ0n) is 9.31. The lowest BCUT2D eigenvalue weighted by molar-refractivity contribution is 0.414. The molecule has 0 bridgehead atoms. The molecule has 2 nitrogen and oxygen atoms in total. The van der Waals surface area contributed by atoms with Crippen LogP contribution in [-0.2, 0) is 0 Å². The summed E-state index contributed by atoms with van der Waals surface area (Å²) in [6.45, 7) is 0. The molecule has 2 aromatic rings. The maximum atomic E-state index is 5.95. The Bertz CT molecular complexity index is 513. The molecule has 17 heavy (non-hydrogen) atoms. The number of nitrogens with two attached hydrogens (primary N) is 1. The molecule has 0 heterocycles. The van der Waals surface area contributed by atoms with Crippen LogP contribution in [0.1, 0.15) is 0 Å². The number of halogens is 1. The highest BCUT2D eigenvalue weighted by molar-refractivity contribution is 9.10. The smallest absolute Gasteiger partial charge is 0.118 e. The molecule has 0 unspecified atom stereocenters. The molecule has 0 spiro atoms. The van der Waals surface area contributed by atoms with Crippen LogP contribution in [0, 0.1) is 0 Å². The molecule has 0 aliphatic carbocycles. The summed E-state index contributed by atoms with van der Waals surface area (Å²) in [4.78, 5) is 2.19. The van der Waals surface area contributed by atoms with Crippen molar-refractivity contribution >= 4 is 33.4 Å². The van der Waals surface area contributed by atoms with Crippen LogP contribution in [0.3, 0.4) is 0 Å². The van der Waals surface area contributed by atoms with E-state index in [0.717, 1.165) is 25.7 Å². The largest absolute Gasteiger partial charge is 0.497 e. The predicted molar refractivity (Wildman–Crippen MR) is 75.7 cm³/mol. The van der Waals surface area contributed by atoms with E-state index in [1.165, 1.54) is 0 Å². The molecule has 4 heteroatoms. The average Bonchev–Trinajstić information content (AvgIpc) is 2.34. The maximum Gasteiger partial charge on any atom is 0.118 e. The van der Waals surface area contributed by atoms with E-state index in [4.69, 9.17) is 10.5 Å². The van der Waals surface area contributed by atoms with Crippen LogP contribution in [0.2, 0.25) is 0 Å². The van der Waals surface area contributed by atoms with Crippen LogP contribution in [-0.4, -0.2) is 7.11 Å². The number of nitrogen functional groups attached to an aromatic ring is 1. The van der Waals surface area contributed by atoms with Gasteiger partial charge in [0.15, 0.2) is 0 Å². The molecule has 2 aromatic carbocycles. The van der Waals surface area contributed by atoms with Crippen LogP contribution in [0.5, 0.6) is 5.75 Å². The molecule has 0 aromatic heterocycles. The van der Waals surface area contributed by atoms with Gasteiger partial charge in [-0.25, -0.2) is 0 Å². The third kappa shape index (κ3) is 3.17. The van der Waals surface area contributed by atoms with E-state index < -0.39 is 0 Å². The molecule has 0 aliphatic heterocycles. The van der Waals surface area contributed by atoms with Crippen molar-refractivity contribution < 1.29 is 4.74 Å². The number of benzene rings is 2. The minimum absolute atomic E-state index is 0.778. The van der Waals surface area contributed by atoms with Gasteiger partial charge in [0.1, 0.15) is 5.75 Å². The second-order valence-electron chi connectivity index (χ2n) is 3.46. The molecule has 0 atom stereocenters. The fraction of sp³-hybridized carbons (Fsp3) is 0.0769. The highest BCUT2D eigenvalue weighted by Crippen LogP contribution is 2.34. The van der Waals surface area contributed by atoms with Gasteiger partial charge in [-0.1, -0.05) is 27.7 Å². The van der Waals surface area contributed by atoms with Crippen LogP contribution >= 0.6 is 27.7 Å². The third-order valence-electron chi connectivity index (χ3n) is 2.26. The summed E-state index contributed by atoms with van der Waals surface area (Å²) < 4.78 is 6.11. The van der Waals surface area contributed by atoms with Crippen molar-refractivity contribution in [2.45, 2.75) is 9.79 Å². The second-order valence-corrected chi connectivity index (χ2v) is 5.49. The Morgan fingerprint density at radius 2 is 1.82 bits per heavy atom. The Kier molecular flexibility index (Phi) is 3.97. The number of hydrogen-bond donors (Lipinski definition) is 1. The predicted octanol–water partition coefficient (Wildman–Crippen LogP) is 4.19. The lowest BCUT2D eigenvalue weighted by Crippen LogP contribution is -1.88. The summed E-state index contributed by atoms with van der Waals surface area (Å²) in [6.07, 6.45) is 0.